The molecule has 0 aliphatic carbocycles. The van der Waals surface area contributed by atoms with Crippen LogP contribution in [0.4, 0.5) is 4.79 Å². The summed E-state index contributed by atoms with van der Waals surface area (Å²) in [6.45, 7) is 8.69. The minimum atomic E-state index is -0.226. The molecule has 3 N–H and O–H groups in total. The minimum absolute atomic E-state index is 0.0147. The number of nitrogens with one attached hydrogen (secondary N) is 1. The van der Waals surface area contributed by atoms with Gasteiger partial charge >= 0.3 is 6.09 Å². The first-order valence-corrected chi connectivity index (χ1v) is 10.1. The van der Waals surface area contributed by atoms with Crippen molar-refractivity contribution < 1.29 is 9.53 Å². The summed E-state index contributed by atoms with van der Waals surface area (Å²) >= 11 is 0. The van der Waals surface area contributed by atoms with Crippen molar-refractivity contribution in [3.63, 3.8) is 0 Å². The largest absolute Gasteiger partial charge is 0.450 e. The fourth-order valence-corrected chi connectivity index (χ4v) is 3.68. The second kappa shape index (κ2) is 10.2. The quantitative estimate of drug-likeness (QED) is 0.567. The Hall–Kier alpha value is -2.24. The average molecular weight is 375 g/mol. The number of hydrogen-bond acceptors (Lipinski definition) is 3. The van der Waals surface area contributed by atoms with Crippen LogP contribution in [-0.4, -0.2) is 49.2 Å². The summed E-state index contributed by atoms with van der Waals surface area (Å²) in [6.07, 6.45) is 3.50. The molecule has 1 heterocycles. The molecule has 6 nitrogen and oxygen atoms in total. The van der Waals surface area contributed by atoms with Gasteiger partial charge in [-0.25, -0.2) is 4.79 Å². The maximum Gasteiger partial charge on any atom is 0.409 e. The molecule has 0 atom stereocenters. The van der Waals surface area contributed by atoms with Crippen molar-refractivity contribution in [1.29, 1.82) is 0 Å². The van der Waals surface area contributed by atoms with Gasteiger partial charge in [0.15, 0.2) is 5.96 Å². The number of nitrogens with zero attached hydrogens (tertiary/aromatic N) is 2. The summed E-state index contributed by atoms with van der Waals surface area (Å²) in [5.74, 6) is 0.492. The topological polar surface area (TPSA) is 80.0 Å². The minimum Gasteiger partial charge on any atom is -0.450 e. The summed E-state index contributed by atoms with van der Waals surface area (Å²) < 4.78 is 5.06. The molecule has 0 spiro atoms. The molecule has 0 saturated carbocycles. The van der Waals surface area contributed by atoms with Crippen LogP contribution < -0.4 is 11.1 Å². The van der Waals surface area contributed by atoms with Crippen molar-refractivity contribution in [2.75, 3.05) is 26.2 Å². The normalized spacial score (nSPS) is 16.3. The van der Waals surface area contributed by atoms with Crippen molar-refractivity contribution in [2.24, 2.45) is 10.7 Å². The maximum absolute atomic E-state index is 11.8. The number of carbonyl (C=O) groups excluding carboxylic acids is 1. The summed E-state index contributed by atoms with van der Waals surface area (Å²) in [5, 5.41) is 3.33. The zero-order chi connectivity index (χ0) is 19.7. The van der Waals surface area contributed by atoms with Crippen LogP contribution in [-0.2, 0) is 10.2 Å². The van der Waals surface area contributed by atoms with E-state index in [2.05, 4.69) is 48.4 Å². The fourth-order valence-electron chi connectivity index (χ4n) is 3.68. The smallest absolute Gasteiger partial charge is 0.409 e. The Morgan fingerprint density at radius 2 is 1.85 bits per heavy atom. The Labute approximate surface area is 163 Å². The molecular formula is C21H34N4O2. The molecule has 1 saturated heterocycles. The van der Waals surface area contributed by atoms with Crippen LogP contribution in [0.1, 0.15) is 52.0 Å². The van der Waals surface area contributed by atoms with E-state index in [4.69, 9.17) is 10.5 Å². The number of piperidine rings is 1. The van der Waals surface area contributed by atoms with Gasteiger partial charge in [0.2, 0.25) is 0 Å². The van der Waals surface area contributed by atoms with Gasteiger partial charge in [-0.2, -0.15) is 0 Å². The highest BCUT2D eigenvalue weighted by molar-refractivity contribution is 5.78. The summed E-state index contributed by atoms with van der Waals surface area (Å²) in [6, 6.07) is 10.8. The van der Waals surface area contributed by atoms with Gasteiger partial charge in [0.1, 0.15) is 0 Å². The van der Waals surface area contributed by atoms with Crippen LogP contribution in [0.2, 0.25) is 0 Å². The fraction of sp³-hybridized carbons (Fsp3) is 0.619. The second-order valence-corrected chi connectivity index (χ2v) is 7.16. The van der Waals surface area contributed by atoms with E-state index >= 15 is 0 Å². The van der Waals surface area contributed by atoms with Gasteiger partial charge in [-0.1, -0.05) is 44.2 Å². The predicted molar refractivity (Wildman–Crippen MR) is 110 cm³/mol. The molecule has 1 fully saturated rings. The number of rotatable bonds is 7. The highest BCUT2D eigenvalue weighted by Gasteiger charge is 2.28. The van der Waals surface area contributed by atoms with E-state index in [1.165, 1.54) is 5.56 Å². The average Bonchev–Trinajstić information content (AvgIpc) is 2.71. The van der Waals surface area contributed by atoms with Crippen molar-refractivity contribution >= 4 is 12.1 Å². The molecule has 27 heavy (non-hydrogen) atoms. The van der Waals surface area contributed by atoms with E-state index in [9.17, 15) is 4.79 Å². The molecule has 0 bridgehead atoms. The number of likely N-dealkylation sites (tertiary alicyclic amines) is 1. The lowest BCUT2D eigenvalue weighted by Crippen LogP contribution is -2.48. The van der Waals surface area contributed by atoms with Gasteiger partial charge in [-0.05, 0) is 38.2 Å². The van der Waals surface area contributed by atoms with Crippen LogP contribution in [0.15, 0.2) is 35.3 Å². The third-order valence-corrected chi connectivity index (χ3v) is 5.66. The van der Waals surface area contributed by atoms with Crippen molar-refractivity contribution in [2.45, 2.75) is 57.9 Å². The van der Waals surface area contributed by atoms with Gasteiger partial charge in [0, 0.05) is 24.5 Å². The van der Waals surface area contributed by atoms with Crippen LogP contribution >= 0.6 is 0 Å². The highest BCUT2D eigenvalue weighted by Crippen LogP contribution is 2.31. The Morgan fingerprint density at radius 1 is 1.22 bits per heavy atom. The summed E-state index contributed by atoms with van der Waals surface area (Å²) in [5.41, 5.74) is 7.50. The lowest BCUT2D eigenvalue weighted by molar-refractivity contribution is 0.0963. The van der Waals surface area contributed by atoms with Gasteiger partial charge in [0.05, 0.1) is 13.2 Å². The summed E-state index contributed by atoms with van der Waals surface area (Å²) in [4.78, 5) is 18.2. The summed E-state index contributed by atoms with van der Waals surface area (Å²) in [7, 11) is 0. The van der Waals surface area contributed by atoms with Gasteiger partial charge < -0.3 is 20.7 Å². The molecule has 1 amide bonds. The molecule has 1 aliphatic heterocycles. The standard InChI is InChI=1S/C21H34N4O2/c1-4-21(5-2,17-10-8-7-9-11-17)16-23-19(22)24-18-12-14-25(15-13-18)20(26)27-6-3/h7-11,18H,4-6,12-16H2,1-3H3,(H3,22,23,24). The lowest BCUT2D eigenvalue weighted by Gasteiger charge is -2.33. The van der Waals surface area contributed by atoms with E-state index in [-0.39, 0.29) is 17.6 Å². The van der Waals surface area contributed by atoms with Gasteiger partial charge in [-0.3, -0.25) is 4.99 Å². The third kappa shape index (κ3) is 5.62. The molecule has 6 heteroatoms. The van der Waals surface area contributed by atoms with E-state index in [1.807, 2.05) is 13.0 Å². The number of hydrogen-bond donors (Lipinski definition) is 2. The molecule has 150 valence electrons. The number of benzene rings is 1. The highest BCUT2D eigenvalue weighted by atomic mass is 16.6. The van der Waals surface area contributed by atoms with Crippen LogP contribution in [0.25, 0.3) is 0 Å². The van der Waals surface area contributed by atoms with Gasteiger partial charge in [0.25, 0.3) is 0 Å². The van der Waals surface area contributed by atoms with E-state index < -0.39 is 0 Å². The monoisotopic (exact) mass is 374 g/mol. The Bertz CT molecular complexity index is 606. The van der Waals surface area contributed by atoms with E-state index in [1.54, 1.807) is 4.90 Å². The molecule has 1 aromatic rings. The predicted octanol–water partition coefficient (Wildman–Crippen LogP) is 3.27. The van der Waals surface area contributed by atoms with E-state index in [0.29, 0.717) is 32.2 Å². The first kappa shape index (κ1) is 21.1. The maximum atomic E-state index is 11.8. The lowest BCUT2D eigenvalue weighted by atomic mass is 9.76. The Kier molecular flexibility index (Phi) is 7.95. The molecule has 0 aromatic heterocycles. The van der Waals surface area contributed by atoms with Crippen LogP contribution in [0.5, 0.6) is 0 Å². The number of carbonyl (C=O) groups is 1. The Balaban J connectivity index is 1.91. The number of guanidine groups is 1. The Morgan fingerprint density at radius 3 is 2.41 bits per heavy atom. The van der Waals surface area contributed by atoms with E-state index in [0.717, 1.165) is 25.7 Å². The van der Waals surface area contributed by atoms with Crippen LogP contribution in [0.3, 0.4) is 0 Å². The first-order valence-electron chi connectivity index (χ1n) is 10.1. The van der Waals surface area contributed by atoms with Crippen molar-refractivity contribution in [1.82, 2.24) is 10.2 Å². The second-order valence-electron chi connectivity index (χ2n) is 7.16. The SMILES string of the molecule is CCOC(=O)N1CCC(NC(N)=NCC(CC)(CC)c2ccccc2)CC1. The van der Waals surface area contributed by atoms with Crippen LogP contribution in [0, 0.1) is 0 Å². The van der Waals surface area contributed by atoms with Crippen molar-refractivity contribution in [3.8, 4) is 0 Å². The molecule has 0 unspecified atom stereocenters. The number of amides is 1. The molecule has 1 aromatic carbocycles. The molecule has 0 radical (unpaired) electrons. The number of aliphatic imine (C=N–C) groups is 1. The van der Waals surface area contributed by atoms with Gasteiger partial charge in [-0.15, -0.1) is 0 Å². The number of nitrogens with two attached hydrogens (primary N) is 1. The molecule has 2 rings (SSSR count). The molecular weight excluding hydrogens is 340 g/mol. The zero-order valence-electron chi connectivity index (χ0n) is 16.9. The zero-order valence-corrected chi connectivity index (χ0v) is 16.9. The third-order valence-electron chi connectivity index (χ3n) is 5.66. The number of ether oxygens (including phenoxy) is 1. The molecule has 1 aliphatic rings. The first-order chi connectivity index (χ1) is 13.0. The van der Waals surface area contributed by atoms with Crippen molar-refractivity contribution in [3.05, 3.63) is 35.9 Å².